The minimum Gasteiger partial charge on any atom is -0.507 e. The van der Waals surface area contributed by atoms with Crippen molar-refractivity contribution in [2.24, 2.45) is 0 Å². The van der Waals surface area contributed by atoms with Gasteiger partial charge in [-0.2, -0.15) is 13.2 Å². The Kier molecular flexibility index (Phi) is 5.08. The normalized spacial score (nSPS) is 12.0. The molecule has 0 spiro atoms. The van der Waals surface area contributed by atoms with E-state index in [0.29, 0.717) is 0 Å². The van der Waals surface area contributed by atoms with Crippen molar-refractivity contribution in [3.63, 3.8) is 0 Å². The van der Waals surface area contributed by atoms with E-state index in [1.54, 1.807) is 25.1 Å². The van der Waals surface area contributed by atoms with Crippen LogP contribution >= 0.6 is 0 Å². The van der Waals surface area contributed by atoms with E-state index >= 15 is 0 Å². The van der Waals surface area contributed by atoms with Crippen molar-refractivity contribution in [2.45, 2.75) is 12.7 Å². The van der Waals surface area contributed by atoms with Crippen LogP contribution in [0.1, 0.15) is 11.3 Å². The van der Waals surface area contributed by atoms with E-state index in [-0.39, 0.29) is 40.1 Å². The van der Waals surface area contributed by atoms with Crippen molar-refractivity contribution >= 4 is 11.0 Å². The van der Waals surface area contributed by atoms with Gasteiger partial charge >= 0.3 is 6.18 Å². The Balaban J connectivity index is 2.48. The second kappa shape index (κ2) is 7.20. The molecule has 0 aliphatic heterocycles. The monoisotopic (exact) mass is 393 g/mol. The molecular weight excluding hydrogens is 375 g/mol. The van der Waals surface area contributed by atoms with Crippen molar-refractivity contribution < 1.29 is 27.4 Å². The smallest absolute Gasteiger partial charge is 0.450 e. The van der Waals surface area contributed by atoms with Gasteiger partial charge in [-0.1, -0.05) is 18.2 Å². The van der Waals surface area contributed by atoms with E-state index in [4.69, 9.17) is 9.15 Å². The predicted octanol–water partition coefficient (Wildman–Crippen LogP) is 4.25. The van der Waals surface area contributed by atoms with Crippen LogP contribution in [0.5, 0.6) is 11.5 Å². The topological polar surface area (TPSA) is 62.9 Å². The number of alkyl halides is 3. The number of para-hydroxylation sites is 1. The molecule has 8 heteroatoms. The van der Waals surface area contributed by atoms with E-state index in [1.807, 2.05) is 0 Å². The first-order valence-corrected chi connectivity index (χ1v) is 8.32. The Morgan fingerprint density at radius 2 is 1.82 bits per heavy atom. The van der Waals surface area contributed by atoms with E-state index in [1.165, 1.54) is 37.4 Å². The summed E-state index contributed by atoms with van der Waals surface area (Å²) in [5.74, 6) is -1.56. The Morgan fingerprint density at radius 3 is 2.43 bits per heavy atom. The van der Waals surface area contributed by atoms with Crippen LogP contribution in [0.15, 0.2) is 45.6 Å². The molecule has 0 aliphatic carbocycles. The highest BCUT2D eigenvalue weighted by atomic mass is 19.4. The number of phenolic OH excluding ortho intramolecular Hbond substituents is 1. The number of fused-ring (bicyclic) bond motifs is 1. The van der Waals surface area contributed by atoms with Crippen molar-refractivity contribution in [1.29, 1.82) is 0 Å². The summed E-state index contributed by atoms with van der Waals surface area (Å²) in [7, 11) is 4.68. The first-order valence-electron chi connectivity index (χ1n) is 8.32. The highest BCUT2D eigenvalue weighted by Gasteiger charge is 2.40. The summed E-state index contributed by atoms with van der Waals surface area (Å²) < 4.78 is 51.9. The lowest BCUT2D eigenvalue weighted by atomic mass is 9.99. The van der Waals surface area contributed by atoms with Crippen LogP contribution in [0, 0.1) is 0 Å². The number of nitrogens with zero attached hydrogens (tertiary/aromatic N) is 1. The molecule has 28 heavy (non-hydrogen) atoms. The number of rotatable bonds is 4. The van der Waals surface area contributed by atoms with Gasteiger partial charge in [-0.25, -0.2) is 0 Å². The molecule has 0 unspecified atom stereocenters. The van der Waals surface area contributed by atoms with Gasteiger partial charge < -0.3 is 19.2 Å². The Bertz CT molecular complexity index is 1090. The van der Waals surface area contributed by atoms with Crippen molar-refractivity contribution in [1.82, 2.24) is 4.90 Å². The average Bonchev–Trinajstić information content (AvgIpc) is 2.63. The maximum absolute atomic E-state index is 13.8. The number of ether oxygens (including phenoxy) is 1. The highest BCUT2D eigenvalue weighted by molar-refractivity contribution is 5.87. The molecule has 0 radical (unpaired) electrons. The zero-order valence-electron chi connectivity index (χ0n) is 15.4. The lowest BCUT2D eigenvalue weighted by Crippen LogP contribution is -2.18. The molecular formula is C20H18F3NO4. The highest BCUT2D eigenvalue weighted by Crippen LogP contribution is 2.41. The van der Waals surface area contributed by atoms with Crippen LogP contribution in [-0.2, 0) is 12.7 Å². The molecule has 0 fully saturated rings. The molecule has 1 aromatic heterocycles. The quantitative estimate of drug-likeness (QED) is 0.718. The Hall–Kier alpha value is -3.00. The zero-order valence-corrected chi connectivity index (χ0v) is 15.4. The fraction of sp³-hybridized carbons (Fsp3) is 0.250. The molecule has 3 aromatic rings. The van der Waals surface area contributed by atoms with E-state index in [9.17, 15) is 23.1 Å². The third kappa shape index (κ3) is 3.43. The summed E-state index contributed by atoms with van der Waals surface area (Å²) >= 11 is 0. The number of hydrogen-bond donors (Lipinski definition) is 1. The molecule has 1 heterocycles. The number of phenols is 1. The van der Waals surface area contributed by atoms with Crippen LogP contribution in [0.2, 0.25) is 0 Å². The summed E-state index contributed by atoms with van der Waals surface area (Å²) in [6, 6.07) is 8.47. The van der Waals surface area contributed by atoms with Gasteiger partial charge in [-0.05, 0) is 32.3 Å². The van der Waals surface area contributed by atoms with Gasteiger partial charge in [-0.3, -0.25) is 4.79 Å². The van der Waals surface area contributed by atoms with Gasteiger partial charge in [0, 0.05) is 12.1 Å². The minimum absolute atomic E-state index is 0.0183. The molecule has 0 saturated carbocycles. The molecule has 1 N–H and O–H groups in total. The number of methoxy groups -OCH3 is 1. The molecule has 3 rings (SSSR count). The van der Waals surface area contributed by atoms with E-state index in [2.05, 4.69) is 0 Å². The van der Waals surface area contributed by atoms with E-state index < -0.39 is 22.9 Å². The first-order chi connectivity index (χ1) is 13.1. The SMILES string of the molecule is COc1ccccc1-c1c(C(F)(F)F)oc2c(CN(C)C)c(O)ccc2c1=O. The third-order valence-corrected chi connectivity index (χ3v) is 4.25. The number of halogens is 3. The van der Waals surface area contributed by atoms with Crippen LogP contribution in [0.4, 0.5) is 13.2 Å². The van der Waals surface area contributed by atoms with Gasteiger partial charge in [-0.15, -0.1) is 0 Å². The van der Waals surface area contributed by atoms with Crippen molar-refractivity contribution in [3.05, 3.63) is 57.9 Å². The molecule has 148 valence electrons. The summed E-state index contributed by atoms with van der Waals surface area (Å²) in [6.07, 6.45) is -4.93. The molecule has 2 aromatic carbocycles. The van der Waals surface area contributed by atoms with Crippen LogP contribution < -0.4 is 10.2 Å². The Morgan fingerprint density at radius 1 is 1.14 bits per heavy atom. The molecule has 0 aliphatic rings. The lowest BCUT2D eigenvalue weighted by Gasteiger charge is -2.17. The fourth-order valence-corrected chi connectivity index (χ4v) is 3.07. The number of aromatic hydroxyl groups is 1. The minimum atomic E-state index is -4.93. The summed E-state index contributed by atoms with van der Waals surface area (Å²) in [6.45, 7) is 0.0947. The largest absolute Gasteiger partial charge is 0.507 e. The lowest BCUT2D eigenvalue weighted by molar-refractivity contribution is -0.152. The van der Waals surface area contributed by atoms with Gasteiger partial charge in [0.15, 0.2) is 0 Å². The summed E-state index contributed by atoms with van der Waals surface area (Å²) in [5, 5.41) is 10.1. The molecule has 0 amide bonds. The Labute approximate surface area is 158 Å². The van der Waals surface area contributed by atoms with E-state index in [0.717, 1.165) is 0 Å². The van der Waals surface area contributed by atoms with Crippen molar-refractivity contribution in [2.75, 3.05) is 21.2 Å². The fourth-order valence-electron chi connectivity index (χ4n) is 3.07. The number of hydrogen-bond acceptors (Lipinski definition) is 5. The molecule has 0 bridgehead atoms. The van der Waals surface area contributed by atoms with Gasteiger partial charge in [0.05, 0.1) is 23.6 Å². The molecule has 0 atom stereocenters. The number of benzene rings is 2. The van der Waals surface area contributed by atoms with Crippen LogP contribution in [0.3, 0.4) is 0 Å². The molecule has 0 saturated heterocycles. The standard InChI is InChI=1S/C20H18F3NO4/c1-24(2)10-13-14(25)9-8-12-17(26)16(11-6-4-5-7-15(11)27-3)19(20(21,22)23)28-18(12)13/h4-9,25H,10H2,1-3H3. The zero-order chi connectivity index (χ0) is 20.6. The average molecular weight is 393 g/mol. The van der Waals surface area contributed by atoms with Crippen LogP contribution in [-0.4, -0.2) is 31.2 Å². The van der Waals surface area contributed by atoms with Gasteiger partial charge in [0.2, 0.25) is 11.2 Å². The second-order valence-electron chi connectivity index (χ2n) is 6.51. The predicted molar refractivity (Wildman–Crippen MR) is 98.5 cm³/mol. The third-order valence-electron chi connectivity index (χ3n) is 4.25. The summed E-state index contributed by atoms with van der Waals surface area (Å²) in [4.78, 5) is 14.8. The van der Waals surface area contributed by atoms with Crippen LogP contribution in [0.25, 0.3) is 22.1 Å². The molecule has 5 nitrogen and oxygen atoms in total. The maximum Gasteiger partial charge on any atom is 0.450 e. The second-order valence-corrected chi connectivity index (χ2v) is 6.51. The first kappa shape index (κ1) is 19.8. The summed E-state index contributed by atoms with van der Waals surface area (Å²) in [5.41, 5.74) is -1.67. The van der Waals surface area contributed by atoms with Gasteiger partial charge in [0.25, 0.3) is 0 Å². The maximum atomic E-state index is 13.8. The van der Waals surface area contributed by atoms with Gasteiger partial charge in [0.1, 0.15) is 17.1 Å². The van der Waals surface area contributed by atoms with Crippen molar-refractivity contribution in [3.8, 4) is 22.6 Å².